The molecule has 1 aromatic carbocycles. The Balaban J connectivity index is 1.63. The number of nitrogens with zero attached hydrogens (tertiary/aromatic N) is 2. The molecular formula is C23H30FN3O5. The number of nitrogens with one attached hydrogen (secondary N) is 1. The van der Waals surface area contributed by atoms with Gasteiger partial charge in [0.1, 0.15) is 11.9 Å². The van der Waals surface area contributed by atoms with Crippen LogP contribution in [-0.2, 0) is 19.2 Å². The number of benzene rings is 1. The minimum atomic E-state index is -0.847. The maximum absolute atomic E-state index is 13.2. The average molecular weight is 448 g/mol. The number of carboxylic acid groups (broad SMARTS) is 1. The van der Waals surface area contributed by atoms with Gasteiger partial charge in [-0.3, -0.25) is 19.2 Å². The van der Waals surface area contributed by atoms with Crippen molar-refractivity contribution < 1.29 is 28.7 Å². The van der Waals surface area contributed by atoms with Crippen molar-refractivity contribution in [3.05, 3.63) is 30.1 Å². The van der Waals surface area contributed by atoms with Crippen LogP contribution in [0.4, 0.5) is 10.1 Å². The predicted octanol–water partition coefficient (Wildman–Crippen LogP) is 2.03. The number of rotatable bonds is 7. The Morgan fingerprint density at radius 1 is 1.12 bits per heavy atom. The molecule has 2 aliphatic rings. The second kappa shape index (κ2) is 10.1. The second-order valence-electron chi connectivity index (χ2n) is 9.01. The lowest BCUT2D eigenvalue weighted by Gasteiger charge is -2.33. The van der Waals surface area contributed by atoms with Gasteiger partial charge in [0, 0.05) is 31.7 Å². The summed E-state index contributed by atoms with van der Waals surface area (Å²) in [7, 11) is 0. The predicted molar refractivity (Wildman–Crippen MR) is 115 cm³/mol. The van der Waals surface area contributed by atoms with Crippen molar-refractivity contribution in [2.75, 3.05) is 24.5 Å². The highest BCUT2D eigenvalue weighted by Gasteiger charge is 2.38. The van der Waals surface area contributed by atoms with Crippen molar-refractivity contribution in [3.8, 4) is 0 Å². The van der Waals surface area contributed by atoms with E-state index in [4.69, 9.17) is 5.11 Å². The van der Waals surface area contributed by atoms with E-state index in [1.165, 1.54) is 29.2 Å². The summed E-state index contributed by atoms with van der Waals surface area (Å²) < 4.78 is 13.2. The third-order valence-corrected chi connectivity index (χ3v) is 6.11. The van der Waals surface area contributed by atoms with Crippen LogP contribution in [0.3, 0.4) is 0 Å². The molecule has 2 N–H and O–H groups in total. The minimum Gasteiger partial charge on any atom is -0.481 e. The number of likely N-dealkylation sites (tertiary alicyclic amines) is 1. The van der Waals surface area contributed by atoms with Crippen LogP contribution in [-0.4, -0.2) is 59.4 Å². The zero-order chi connectivity index (χ0) is 23.4. The average Bonchev–Trinajstić information content (AvgIpc) is 3.14. The molecule has 1 aromatic rings. The largest absolute Gasteiger partial charge is 0.481 e. The molecule has 0 saturated carbocycles. The Bertz CT molecular complexity index is 865. The lowest BCUT2D eigenvalue weighted by molar-refractivity contribution is -0.146. The number of piperidine rings is 1. The molecule has 0 radical (unpaired) electrons. The van der Waals surface area contributed by atoms with Crippen LogP contribution in [0.2, 0.25) is 0 Å². The molecule has 2 saturated heterocycles. The van der Waals surface area contributed by atoms with E-state index in [1.54, 1.807) is 4.90 Å². The highest BCUT2D eigenvalue weighted by Crippen LogP contribution is 2.26. The number of hydrogen-bond donors (Lipinski definition) is 2. The summed E-state index contributed by atoms with van der Waals surface area (Å²) in [6, 6.07) is 4.80. The third-order valence-electron chi connectivity index (χ3n) is 6.11. The van der Waals surface area contributed by atoms with Crippen molar-refractivity contribution in [2.45, 2.75) is 45.6 Å². The van der Waals surface area contributed by atoms with Gasteiger partial charge >= 0.3 is 5.97 Å². The van der Waals surface area contributed by atoms with Crippen LogP contribution >= 0.6 is 0 Å². The van der Waals surface area contributed by atoms with Crippen LogP contribution < -0.4 is 10.2 Å². The van der Waals surface area contributed by atoms with E-state index in [-0.39, 0.29) is 36.6 Å². The van der Waals surface area contributed by atoms with E-state index < -0.39 is 29.7 Å². The number of halogens is 1. The SMILES string of the molecule is CC(C)CC(NC(=O)C1CC(=O)N(c2ccc(F)cc2)C1)C(=O)N1CCC(C(=O)O)CC1. The Kier molecular flexibility index (Phi) is 7.48. The molecule has 0 bridgehead atoms. The fourth-order valence-corrected chi connectivity index (χ4v) is 4.30. The molecule has 3 rings (SSSR count). The van der Waals surface area contributed by atoms with Gasteiger partial charge in [-0.15, -0.1) is 0 Å². The molecule has 0 aromatic heterocycles. The van der Waals surface area contributed by atoms with E-state index in [0.717, 1.165) is 0 Å². The van der Waals surface area contributed by atoms with Gasteiger partial charge in [-0.25, -0.2) is 4.39 Å². The van der Waals surface area contributed by atoms with E-state index in [9.17, 15) is 23.6 Å². The van der Waals surface area contributed by atoms with Crippen LogP contribution in [0.15, 0.2) is 24.3 Å². The summed E-state index contributed by atoms with van der Waals surface area (Å²) in [5, 5.41) is 12.0. The lowest BCUT2D eigenvalue weighted by Crippen LogP contribution is -2.52. The fraction of sp³-hybridized carbons (Fsp3) is 0.565. The number of carboxylic acids is 1. The number of carbonyl (C=O) groups excluding carboxylic acids is 3. The normalized spacial score (nSPS) is 20.5. The van der Waals surface area contributed by atoms with E-state index in [0.29, 0.717) is 38.0 Å². The minimum absolute atomic E-state index is 0.0236. The second-order valence-corrected chi connectivity index (χ2v) is 9.01. The maximum Gasteiger partial charge on any atom is 0.306 e. The van der Waals surface area contributed by atoms with Crippen LogP contribution in [0.25, 0.3) is 0 Å². The van der Waals surface area contributed by atoms with Crippen LogP contribution in [0.5, 0.6) is 0 Å². The smallest absolute Gasteiger partial charge is 0.306 e. The molecule has 0 aliphatic carbocycles. The third kappa shape index (κ3) is 5.63. The van der Waals surface area contributed by atoms with Gasteiger partial charge < -0.3 is 20.2 Å². The van der Waals surface area contributed by atoms with Gasteiger partial charge in [-0.2, -0.15) is 0 Å². The first-order valence-electron chi connectivity index (χ1n) is 11.0. The quantitative estimate of drug-likeness (QED) is 0.665. The number of anilines is 1. The van der Waals surface area contributed by atoms with Gasteiger partial charge in [-0.05, 0) is 49.4 Å². The highest BCUT2D eigenvalue weighted by atomic mass is 19.1. The summed E-state index contributed by atoms with van der Waals surface area (Å²) in [5.74, 6) is -2.94. The number of aliphatic carboxylic acids is 1. The highest BCUT2D eigenvalue weighted by molar-refractivity contribution is 6.01. The molecule has 32 heavy (non-hydrogen) atoms. The maximum atomic E-state index is 13.2. The van der Waals surface area contributed by atoms with Crippen LogP contribution in [0.1, 0.15) is 39.5 Å². The standard InChI is InChI=1S/C23H30FN3O5/c1-14(2)11-19(22(30)26-9-7-15(8-10-26)23(31)32)25-21(29)16-12-20(28)27(13-16)18-5-3-17(24)4-6-18/h3-6,14-16,19H,7-13H2,1-2H3,(H,25,29)(H,31,32). The summed E-state index contributed by atoms with van der Waals surface area (Å²) in [6.07, 6.45) is 1.27. The lowest BCUT2D eigenvalue weighted by atomic mass is 9.95. The number of amides is 3. The Morgan fingerprint density at radius 2 is 1.75 bits per heavy atom. The van der Waals surface area contributed by atoms with Crippen LogP contribution in [0, 0.1) is 23.6 Å². The Hall–Kier alpha value is -2.97. The Labute approximate surface area is 186 Å². The molecule has 2 aliphatic heterocycles. The first-order chi connectivity index (χ1) is 15.2. The van der Waals surface area contributed by atoms with Crippen molar-refractivity contribution in [1.82, 2.24) is 10.2 Å². The van der Waals surface area contributed by atoms with E-state index in [1.807, 2.05) is 13.8 Å². The molecule has 2 atom stereocenters. The summed E-state index contributed by atoms with van der Waals surface area (Å²) >= 11 is 0. The van der Waals surface area contributed by atoms with Crippen molar-refractivity contribution in [2.24, 2.45) is 17.8 Å². The molecule has 174 valence electrons. The van der Waals surface area contributed by atoms with Crippen molar-refractivity contribution in [1.29, 1.82) is 0 Å². The van der Waals surface area contributed by atoms with Crippen molar-refractivity contribution >= 4 is 29.4 Å². The van der Waals surface area contributed by atoms with Gasteiger partial charge in [0.05, 0.1) is 11.8 Å². The number of carbonyl (C=O) groups is 4. The first kappa shape index (κ1) is 23.7. The zero-order valence-corrected chi connectivity index (χ0v) is 18.4. The molecule has 9 heteroatoms. The molecule has 3 amide bonds. The van der Waals surface area contributed by atoms with Crippen molar-refractivity contribution in [3.63, 3.8) is 0 Å². The zero-order valence-electron chi connectivity index (χ0n) is 18.4. The molecule has 2 heterocycles. The fourth-order valence-electron chi connectivity index (χ4n) is 4.30. The monoisotopic (exact) mass is 447 g/mol. The first-order valence-corrected chi connectivity index (χ1v) is 11.0. The van der Waals surface area contributed by atoms with E-state index in [2.05, 4.69) is 5.32 Å². The molecule has 2 unspecified atom stereocenters. The van der Waals surface area contributed by atoms with E-state index >= 15 is 0 Å². The molecule has 0 spiro atoms. The summed E-state index contributed by atoms with van der Waals surface area (Å²) in [4.78, 5) is 52.7. The van der Waals surface area contributed by atoms with Gasteiger partial charge in [0.25, 0.3) is 0 Å². The summed E-state index contributed by atoms with van der Waals surface area (Å²) in [6.45, 7) is 4.78. The molecule has 8 nitrogen and oxygen atoms in total. The van der Waals surface area contributed by atoms with Gasteiger partial charge in [0.15, 0.2) is 0 Å². The summed E-state index contributed by atoms with van der Waals surface area (Å²) in [5.41, 5.74) is 0.530. The van der Waals surface area contributed by atoms with Gasteiger partial charge in [-0.1, -0.05) is 13.8 Å². The molecule has 2 fully saturated rings. The molecular weight excluding hydrogens is 417 g/mol. The Morgan fingerprint density at radius 3 is 2.31 bits per heavy atom. The van der Waals surface area contributed by atoms with Gasteiger partial charge in [0.2, 0.25) is 17.7 Å². The topological polar surface area (TPSA) is 107 Å². The number of hydrogen-bond acceptors (Lipinski definition) is 4.